The van der Waals surface area contributed by atoms with Crippen LogP contribution in [0.25, 0.3) is 0 Å². The van der Waals surface area contributed by atoms with E-state index < -0.39 is 5.97 Å². The van der Waals surface area contributed by atoms with Crippen LogP contribution in [-0.4, -0.2) is 24.2 Å². The molecule has 3 heteroatoms. The maximum absolute atomic E-state index is 10.4. The summed E-state index contributed by atoms with van der Waals surface area (Å²) >= 11 is 0. The molecule has 0 aromatic rings. The highest BCUT2D eigenvalue weighted by Gasteiger charge is 2.14. The minimum Gasteiger partial charge on any atom is -0.478 e. The van der Waals surface area contributed by atoms with Crippen LogP contribution in [-0.2, 0) is 4.79 Å². The monoisotopic (exact) mass is 197 g/mol. The molecule has 0 heterocycles. The first-order chi connectivity index (χ1) is 6.70. The lowest BCUT2D eigenvalue weighted by atomic mass is 10.0. The summed E-state index contributed by atoms with van der Waals surface area (Å²) in [5.74, 6) is -0.0426. The Balaban J connectivity index is 1.98. The van der Waals surface area contributed by atoms with Crippen molar-refractivity contribution < 1.29 is 9.90 Å². The molecule has 0 unspecified atom stereocenters. The van der Waals surface area contributed by atoms with Gasteiger partial charge < -0.3 is 10.4 Å². The Morgan fingerprint density at radius 3 is 2.64 bits per heavy atom. The quantitative estimate of drug-likeness (QED) is 0.504. The van der Waals surface area contributed by atoms with Gasteiger partial charge in [-0.05, 0) is 18.9 Å². The topological polar surface area (TPSA) is 49.3 Å². The highest BCUT2D eigenvalue weighted by atomic mass is 16.4. The summed E-state index contributed by atoms with van der Waals surface area (Å²) in [5.41, 5.74) is 0.247. The number of hydrogen-bond acceptors (Lipinski definition) is 2. The third kappa shape index (κ3) is 3.92. The molecule has 0 bridgehead atoms. The summed E-state index contributed by atoms with van der Waals surface area (Å²) in [5, 5.41) is 11.7. The van der Waals surface area contributed by atoms with E-state index >= 15 is 0 Å². The van der Waals surface area contributed by atoms with E-state index in [0.29, 0.717) is 6.54 Å². The van der Waals surface area contributed by atoms with Crippen molar-refractivity contribution in [3.05, 3.63) is 12.2 Å². The van der Waals surface area contributed by atoms with E-state index in [1.54, 1.807) is 0 Å². The van der Waals surface area contributed by atoms with E-state index in [0.717, 1.165) is 12.5 Å². The number of hydrogen-bond donors (Lipinski definition) is 2. The van der Waals surface area contributed by atoms with Crippen molar-refractivity contribution in [2.45, 2.75) is 32.1 Å². The van der Waals surface area contributed by atoms with Gasteiger partial charge in [-0.1, -0.05) is 32.3 Å². The maximum atomic E-state index is 10.4. The van der Waals surface area contributed by atoms with Crippen molar-refractivity contribution in [3.63, 3.8) is 0 Å². The van der Waals surface area contributed by atoms with Crippen LogP contribution in [0.1, 0.15) is 32.1 Å². The Bertz CT molecular complexity index is 207. The molecule has 80 valence electrons. The number of carboxylic acids is 1. The average molecular weight is 197 g/mol. The predicted molar refractivity (Wildman–Crippen MR) is 56.2 cm³/mol. The van der Waals surface area contributed by atoms with Crippen LogP contribution in [0.15, 0.2) is 12.2 Å². The van der Waals surface area contributed by atoms with Crippen molar-refractivity contribution in [2.24, 2.45) is 5.92 Å². The molecule has 3 nitrogen and oxygen atoms in total. The van der Waals surface area contributed by atoms with Crippen LogP contribution in [0.2, 0.25) is 0 Å². The highest BCUT2D eigenvalue weighted by Crippen LogP contribution is 2.26. The first-order valence-corrected chi connectivity index (χ1v) is 5.32. The maximum Gasteiger partial charge on any atom is 0.332 e. The SMILES string of the molecule is C=C(CNCCC1CCCC1)C(=O)O. The second-order valence-corrected chi connectivity index (χ2v) is 4.02. The van der Waals surface area contributed by atoms with Crippen molar-refractivity contribution in [3.8, 4) is 0 Å². The third-order valence-electron chi connectivity index (χ3n) is 2.84. The van der Waals surface area contributed by atoms with Gasteiger partial charge >= 0.3 is 5.97 Å². The molecule has 0 saturated heterocycles. The van der Waals surface area contributed by atoms with Gasteiger partial charge in [-0.25, -0.2) is 4.79 Å². The Morgan fingerprint density at radius 1 is 1.43 bits per heavy atom. The number of carboxylic acid groups (broad SMARTS) is 1. The van der Waals surface area contributed by atoms with Crippen LogP contribution < -0.4 is 5.32 Å². The molecule has 0 atom stereocenters. The lowest BCUT2D eigenvalue weighted by molar-refractivity contribution is -0.132. The van der Waals surface area contributed by atoms with Crippen molar-refractivity contribution in [1.29, 1.82) is 0 Å². The molecule has 0 aromatic heterocycles. The number of nitrogens with one attached hydrogen (secondary N) is 1. The normalized spacial score (nSPS) is 17.1. The molecule has 0 radical (unpaired) electrons. The zero-order valence-electron chi connectivity index (χ0n) is 8.59. The Labute approximate surface area is 85.2 Å². The zero-order chi connectivity index (χ0) is 10.4. The molecule has 0 amide bonds. The first kappa shape index (κ1) is 11.2. The summed E-state index contributed by atoms with van der Waals surface area (Å²) in [6.07, 6.45) is 6.61. The molecule has 1 aliphatic rings. The summed E-state index contributed by atoms with van der Waals surface area (Å²) in [4.78, 5) is 10.4. The van der Waals surface area contributed by atoms with E-state index in [1.165, 1.54) is 32.1 Å². The molecule has 1 saturated carbocycles. The van der Waals surface area contributed by atoms with Crippen LogP contribution in [0, 0.1) is 5.92 Å². The molecule has 1 fully saturated rings. The highest BCUT2D eigenvalue weighted by molar-refractivity contribution is 5.86. The summed E-state index contributed by atoms with van der Waals surface area (Å²) in [7, 11) is 0. The minimum atomic E-state index is -0.904. The van der Waals surface area contributed by atoms with Gasteiger partial charge in [0.2, 0.25) is 0 Å². The summed E-state index contributed by atoms with van der Waals surface area (Å²) < 4.78 is 0. The van der Waals surface area contributed by atoms with Crippen molar-refractivity contribution >= 4 is 5.97 Å². The standard InChI is InChI=1S/C11H19NO2/c1-9(11(13)14)8-12-7-6-10-4-2-3-5-10/h10,12H,1-8H2,(H,13,14). The van der Waals surface area contributed by atoms with E-state index in [4.69, 9.17) is 5.11 Å². The van der Waals surface area contributed by atoms with Crippen LogP contribution >= 0.6 is 0 Å². The molecule has 0 spiro atoms. The Morgan fingerprint density at radius 2 is 2.07 bits per heavy atom. The van der Waals surface area contributed by atoms with Gasteiger partial charge in [-0.2, -0.15) is 0 Å². The van der Waals surface area contributed by atoms with Gasteiger partial charge in [0.05, 0.1) is 0 Å². The minimum absolute atomic E-state index is 0.247. The van der Waals surface area contributed by atoms with Crippen LogP contribution in [0.5, 0.6) is 0 Å². The first-order valence-electron chi connectivity index (χ1n) is 5.32. The molecule has 0 aliphatic heterocycles. The van der Waals surface area contributed by atoms with Crippen LogP contribution in [0.4, 0.5) is 0 Å². The molecule has 0 aromatic carbocycles. The predicted octanol–water partition coefficient (Wildman–Crippen LogP) is 1.80. The second-order valence-electron chi connectivity index (χ2n) is 4.02. The Hall–Kier alpha value is -0.830. The van der Waals surface area contributed by atoms with Gasteiger partial charge in [-0.3, -0.25) is 0 Å². The smallest absolute Gasteiger partial charge is 0.332 e. The Kier molecular flexibility index (Phi) is 4.66. The molecular formula is C11H19NO2. The van der Waals surface area contributed by atoms with Gasteiger partial charge in [0, 0.05) is 12.1 Å². The van der Waals surface area contributed by atoms with E-state index in [-0.39, 0.29) is 5.57 Å². The van der Waals surface area contributed by atoms with Crippen molar-refractivity contribution in [1.82, 2.24) is 5.32 Å². The van der Waals surface area contributed by atoms with Gasteiger partial charge in [0.1, 0.15) is 0 Å². The van der Waals surface area contributed by atoms with Gasteiger partial charge in [0.15, 0.2) is 0 Å². The molecule has 2 N–H and O–H groups in total. The second kappa shape index (κ2) is 5.81. The fourth-order valence-electron chi connectivity index (χ4n) is 1.92. The van der Waals surface area contributed by atoms with E-state index in [2.05, 4.69) is 11.9 Å². The zero-order valence-corrected chi connectivity index (χ0v) is 8.59. The van der Waals surface area contributed by atoms with E-state index in [1.807, 2.05) is 0 Å². The molecule has 1 rings (SSSR count). The summed E-state index contributed by atoms with van der Waals surface area (Å²) in [6.45, 7) is 4.78. The van der Waals surface area contributed by atoms with Crippen LogP contribution in [0.3, 0.4) is 0 Å². The summed E-state index contributed by atoms with van der Waals surface area (Å²) in [6, 6.07) is 0. The van der Waals surface area contributed by atoms with Crippen molar-refractivity contribution in [2.75, 3.05) is 13.1 Å². The number of aliphatic carboxylic acids is 1. The fraction of sp³-hybridized carbons (Fsp3) is 0.727. The van der Waals surface area contributed by atoms with Gasteiger partial charge in [-0.15, -0.1) is 0 Å². The third-order valence-corrected chi connectivity index (χ3v) is 2.84. The lowest BCUT2D eigenvalue weighted by Gasteiger charge is -2.09. The lowest BCUT2D eigenvalue weighted by Crippen LogP contribution is -2.22. The molecular weight excluding hydrogens is 178 g/mol. The number of rotatable bonds is 6. The molecule has 1 aliphatic carbocycles. The largest absolute Gasteiger partial charge is 0.478 e. The number of carbonyl (C=O) groups is 1. The molecule has 14 heavy (non-hydrogen) atoms. The average Bonchev–Trinajstić information content (AvgIpc) is 2.64. The van der Waals surface area contributed by atoms with E-state index in [9.17, 15) is 4.79 Å². The van der Waals surface area contributed by atoms with Gasteiger partial charge in [0.25, 0.3) is 0 Å². The fourth-order valence-corrected chi connectivity index (χ4v) is 1.92.